The van der Waals surface area contributed by atoms with Gasteiger partial charge in [0.25, 0.3) is 0 Å². The minimum Gasteiger partial charge on any atom is -0.0617 e. The molecular weight excluding hydrogens is 372 g/mol. The van der Waals surface area contributed by atoms with Crippen molar-refractivity contribution < 1.29 is 0 Å². The lowest BCUT2D eigenvalue weighted by Gasteiger charge is -2.32. The van der Waals surface area contributed by atoms with Crippen molar-refractivity contribution in [1.29, 1.82) is 0 Å². The molecule has 0 radical (unpaired) electrons. The topological polar surface area (TPSA) is 0 Å². The molecule has 0 fully saturated rings. The summed E-state index contributed by atoms with van der Waals surface area (Å²) in [4.78, 5) is 0. The van der Waals surface area contributed by atoms with E-state index < -0.39 is 0 Å². The van der Waals surface area contributed by atoms with Crippen LogP contribution in [0.2, 0.25) is 0 Å². The monoisotopic (exact) mass is 420 g/mol. The van der Waals surface area contributed by atoms with E-state index in [9.17, 15) is 0 Å². The Kier molecular flexibility index (Phi) is 7.26. The Labute approximate surface area is 193 Å². The molecule has 0 nitrogen and oxygen atoms in total. The normalized spacial score (nSPS) is 13.5. The van der Waals surface area contributed by atoms with Crippen LogP contribution >= 0.6 is 0 Å². The van der Waals surface area contributed by atoms with Crippen molar-refractivity contribution in [3.05, 3.63) is 69.8 Å². The first-order chi connectivity index (χ1) is 13.9. The van der Waals surface area contributed by atoms with Gasteiger partial charge in [-0.25, -0.2) is 0 Å². The Morgan fingerprint density at radius 1 is 0.516 bits per heavy atom. The van der Waals surface area contributed by atoms with E-state index in [4.69, 9.17) is 0 Å². The van der Waals surface area contributed by atoms with Crippen LogP contribution in [-0.2, 0) is 34.5 Å². The summed E-state index contributed by atoms with van der Waals surface area (Å²) in [6, 6.07) is 14.2. The highest BCUT2D eigenvalue weighted by Crippen LogP contribution is 2.37. The molecule has 0 heteroatoms. The lowest BCUT2D eigenvalue weighted by atomic mass is 9.72. The second-order valence-electron chi connectivity index (χ2n) is 13.6. The van der Waals surface area contributed by atoms with Gasteiger partial charge in [0.05, 0.1) is 0 Å². The van der Waals surface area contributed by atoms with E-state index in [1.165, 1.54) is 34.2 Å². The molecule has 2 aromatic carbocycles. The maximum atomic E-state index is 2.47. The standard InChI is InChI=1S/C31H48/c1-28(2,3)24-20-19-22(26(21-24)30(7,8)9)15-13-16-23-17-14-18-25(29(4,5)6)27(23)31(10,11)12/h14,17-21H,13,15-16H2,1-12H3. The summed E-state index contributed by atoms with van der Waals surface area (Å²) in [6.07, 6.45) is 3.47. The van der Waals surface area contributed by atoms with Crippen LogP contribution in [0.15, 0.2) is 36.4 Å². The number of benzene rings is 2. The molecule has 2 aromatic rings. The fourth-order valence-electron chi connectivity index (χ4n) is 4.75. The molecule has 172 valence electrons. The van der Waals surface area contributed by atoms with Crippen molar-refractivity contribution in [3.63, 3.8) is 0 Å². The van der Waals surface area contributed by atoms with Crippen molar-refractivity contribution in [2.24, 2.45) is 0 Å². The SMILES string of the molecule is CC(C)(C)c1ccc(CCCc2cccc(C(C)(C)C)c2C(C)(C)C)c(C(C)(C)C)c1. The largest absolute Gasteiger partial charge is 0.0617 e. The Morgan fingerprint density at radius 3 is 1.55 bits per heavy atom. The van der Waals surface area contributed by atoms with Crippen molar-refractivity contribution in [3.8, 4) is 0 Å². The Balaban J connectivity index is 2.34. The molecule has 0 aromatic heterocycles. The average molecular weight is 421 g/mol. The Bertz CT molecular complexity index is 884. The van der Waals surface area contributed by atoms with E-state index in [0.29, 0.717) is 0 Å². The molecule has 0 aliphatic rings. The highest BCUT2D eigenvalue weighted by atomic mass is 14.3. The van der Waals surface area contributed by atoms with E-state index in [2.05, 4.69) is 119 Å². The maximum absolute atomic E-state index is 2.47. The van der Waals surface area contributed by atoms with Gasteiger partial charge >= 0.3 is 0 Å². The summed E-state index contributed by atoms with van der Waals surface area (Å²) in [5.41, 5.74) is 9.74. The zero-order valence-electron chi connectivity index (χ0n) is 22.6. The van der Waals surface area contributed by atoms with Gasteiger partial charge in [-0.15, -0.1) is 0 Å². The van der Waals surface area contributed by atoms with E-state index >= 15 is 0 Å². The van der Waals surface area contributed by atoms with E-state index in [0.717, 1.165) is 12.8 Å². The van der Waals surface area contributed by atoms with Crippen LogP contribution in [0, 0.1) is 0 Å². The molecule has 0 aliphatic heterocycles. The molecule has 0 unspecified atom stereocenters. The number of aryl methyl sites for hydroxylation is 2. The molecule has 0 amide bonds. The first kappa shape index (κ1) is 25.7. The minimum absolute atomic E-state index is 0.157. The summed E-state index contributed by atoms with van der Waals surface area (Å²) in [7, 11) is 0. The van der Waals surface area contributed by atoms with Crippen LogP contribution in [0.3, 0.4) is 0 Å². The quantitative estimate of drug-likeness (QED) is 0.462. The molecule has 31 heavy (non-hydrogen) atoms. The molecule has 0 saturated carbocycles. The van der Waals surface area contributed by atoms with Crippen LogP contribution in [-0.4, -0.2) is 0 Å². The Morgan fingerprint density at radius 2 is 1.06 bits per heavy atom. The fourth-order valence-corrected chi connectivity index (χ4v) is 4.75. The molecular formula is C31H48. The van der Waals surface area contributed by atoms with Gasteiger partial charge in [0, 0.05) is 0 Å². The number of hydrogen-bond donors (Lipinski definition) is 0. The van der Waals surface area contributed by atoms with Crippen molar-refractivity contribution >= 4 is 0 Å². The van der Waals surface area contributed by atoms with Crippen molar-refractivity contribution in [2.45, 2.75) is 124 Å². The van der Waals surface area contributed by atoms with Crippen LogP contribution in [0.5, 0.6) is 0 Å². The first-order valence-corrected chi connectivity index (χ1v) is 12.2. The van der Waals surface area contributed by atoms with Gasteiger partial charge in [-0.3, -0.25) is 0 Å². The van der Waals surface area contributed by atoms with Gasteiger partial charge in [0.1, 0.15) is 0 Å². The van der Waals surface area contributed by atoms with E-state index in [1.54, 1.807) is 5.56 Å². The molecule has 0 atom stereocenters. The summed E-state index contributed by atoms with van der Waals surface area (Å²) in [5.74, 6) is 0. The maximum Gasteiger partial charge on any atom is -0.0126 e. The summed E-state index contributed by atoms with van der Waals surface area (Å²) >= 11 is 0. The zero-order chi connectivity index (χ0) is 23.8. The van der Waals surface area contributed by atoms with Crippen LogP contribution in [0.25, 0.3) is 0 Å². The predicted molar refractivity (Wildman–Crippen MR) is 140 cm³/mol. The number of rotatable bonds is 4. The highest BCUT2D eigenvalue weighted by Gasteiger charge is 2.27. The zero-order valence-corrected chi connectivity index (χ0v) is 22.6. The summed E-state index contributed by atoms with van der Waals surface area (Å²) in [5, 5.41) is 0. The van der Waals surface area contributed by atoms with Crippen LogP contribution < -0.4 is 0 Å². The lowest BCUT2D eigenvalue weighted by molar-refractivity contribution is 0.523. The van der Waals surface area contributed by atoms with Gasteiger partial charge < -0.3 is 0 Å². The third-order valence-electron chi connectivity index (χ3n) is 6.38. The molecule has 0 heterocycles. The molecule has 0 N–H and O–H groups in total. The summed E-state index contributed by atoms with van der Waals surface area (Å²) < 4.78 is 0. The third kappa shape index (κ3) is 6.47. The molecule has 0 bridgehead atoms. The van der Waals surface area contributed by atoms with Crippen LogP contribution in [0.1, 0.15) is 123 Å². The van der Waals surface area contributed by atoms with Gasteiger partial charge in [0.2, 0.25) is 0 Å². The smallest absolute Gasteiger partial charge is 0.0126 e. The highest BCUT2D eigenvalue weighted by molar-refractivity contribution is 5.44. The van der Waals surface area contributed by atoms with E-state index in [1.807, 2.05) is 0 Å². The van der Waals surface area contributed by atoms with Crippen molar-refractivity contribution in [1.82, 2.24) is 0 Å². The van der Waals surface area contributed by atoms with Gasteiger partial charge in [0.15, 0.2) is 0 Å². The third-order valence-corrected chi connectivity index (χ3v) is 6.38. The number of hydrogen-bond acceptors (Lipinski definition) is 0. The molecule has 2 rings (SSSR count). The second kappa shape index (κ2) is 8.76. The molecule has 0 saturated heterocycles. The lowest BCUT2D eigenvalue weighted by Crippen LogP contribution is -2.24. The summed E-state index contributed by atoms with van der Waals surface area (Å²) in [6.45, 7) is 28.1. The van der Waals surface area contributed by atoms with Gasteiger partial charge in [-0.1, -0.05) is 119 Å². The first-order valence-electron chi connectivity index (χ1n) is 12.2. The molecule has 0 aliphatic carbocycles. The van der Waals surface area contributed by atoms with Gasteiger partial charge in [-0.05, 0) is 74.3 Å². The molecule has 0 spiro atoms. The second-order valence-corrected chi connectivity index (χ2v) is 13.6. The van der Waals surface area contributed by atoms with Gasteiger partial charge in [-0.2, -0.15) is 0 Å². The Hall–Kier alpha value is -1.56. The average Bonchev–Trinajstić information content (AvgIpc) is 2.58. The fraction of sp³-hybridized carbons (Fsp3) is 0.613. The van der Waals surface area contributed by atoms with Crippen LogP contribution in [0.4, 0.5) is 0 Å². The van der Waals surface area contributed by atoms with Crippen molar-refractivity contribution in [2.75, 3.05) is 0 Å². The minimum atomic E-state index is 0.157. The predicted octanol–water partition coefficient (Wildman–Crippen LogP) is 9.05. The van der Waals surface area contributed by atoms with E-state index in [-0.39, 0.29) is 21.7 Å².